The van der Waals surface area contributed by atoms with Crippen LogP contribution >= 0.6 is 11.6 Å². The molecule has 0 amide bonds. The van der Waals surface area contributed by atoms with Gasteiger partial charge in [-0.15, -0.1) is 11.6 Å². The minimum atomic E-state index is 0.205. The van der Waals surface area contributed by atoms with Crippen molar-refractivity contribution in [3.8, 4) is 6.07 Å². The van der Waals surface area contributed by atoms with Crippen molar-refractivity contribution in [2.75, 3.05) is 5.88 Å². The van der Waals surface area contributed by atoms with E-state index in [1.54, 1.807) is 0 Å². The van der Waals surface area contributed by atoms with Gasteiger partial charge in [-0.3, -0.25) is 0 Å². The summed E-state index contributed by atoms with van der Waals surface area (Å²) in [5.41, 5.74) is 12.8. The number of hydrogen-bond acceptors (Lipinski definition) is 2. The Bertz CT molecular complexity index is 641. The summed E-state index contributed by atoms with van der Waals surface area (Å²) >= 11 is 5.79. The Balaban J connectivity index is 2.29. The van der Waals surface area contributed by atoms with Crippen molar-refractivity contribution in [3.63, 3.8) is 0 Å². The van der Waals surface area contributed by atoms with Gasteiger partial charge < -0.3 is 5.73 Å². The smallest absolute Gasteiger partial charge is 0.115 e. The molecule has 2 aliphatic rings. The maximum Gasteiger partial charge on any atom is 0.115 e. The Morgan fingerprint density at radius 3 is 2.10 bits per heavy atom. The standard InChI is InChI=1S/C17H20ClN3/c18-9-16(20)21-17-14-8-4-3-6-12(14)11-5-1-2-7-13(11)15(17)10-19/h1-9H2,(H2,20,21). The largest absolute Gasteiger partial charge is 0.386 e. The van der Waals surface area contributed by atoms with E-state index < -0.39 is 0 Å². The zero-order valence-corrected chi connectivity index (χ0v) is 13.0. The molecule has 0 saturated carbocycles. The maximum absolute atomic E-state index is 9.67. The van der Waals surface area contributed by atoms with E-state index in [1.165, 1.54) is 41.5 Å². The highest BCUT2D eigenvalue weighted by molar-refractivity contribution is 6.28. The number of rotatable bonds is 2. The number of fused-ring (bicyclic) bond motifs is 3. The predicted octanol–water partition coefficient (Wildman–Crippen LogP) is 3.54. The molecule has 2 aliphatic carbocycles. The summed E-state index contributed by atoms with van der Waals surface area (Å²) < 4.78 is 0. The van der Waals surface area contributed by atoms with Gasteiger partial charge in [0.1, 0.15) is 11.9 Å². The van der Waals surface area contributed by atoms with E-state index in [-0.39, 0.29) is 5.88 Å². The highest BCUT2D eigenvalue weighted by Gasteiger charge is 2.26. The van der Waals surface area contributed by atoms with Gasteiger partial charge in [0.05, 0.1) is 17.1 Å². The Labute approximate surface area is 130 Å². The first-order valence-electron chi connectivity index (χ1n) is 7.74. The number of alkyl halides is 1. The molecule has 1 aromatic rings. The summed E-state index contributed by atoms with van der Waals surface area (Å²) in [6.45, 7) is 0. The molecule has 2 N–H and O–H groups in total. The SMILES string of the molecule is N#Cc1c2c(c3c(c1N=C(N)CCl)CCCC3)CCCC2. The topological polar surface area (TPSA) is 62.2 Å². The average Bonchev–Trinajstić information content (AvgIpc) is 2.55. The lowest BCUT2D eigenvalue weighted by Crippen LogP contribution is -2.17. The van der Waals surface area contributed by atoms with Crippen LogP contribution in [0.25, 0.3) is 0 Å². The summed E-state index contributed by atoms with van der Waals surface area (Å²) in [5, 5.41) is 9.67. The molecule has 0 unspecified atom stereocenters. The molecular weight excluding hydrogens is 282 g/mol. The first-order chi connectivity index (χ1) is 10.3. The van der Waals surface area contributed by atoms with Crippen molar-refractivity contribution >= 4 is 23.1 Å². The van der Waals surface area contributed by atoms with Crippen molar-refractivity contribution in [1.82, 2.24) is 0 Å². The minimum absolute atomic E-state index is 0.205. The summed E-state index contributed by atoms with van der Waals surface area (Å²) in [7, 11) is 0. The lowest BCUT2D eigenvalue weighted by atomic mass is 9.77. The quantitative estimate of drug-likeness (QED) is 0.516. The molecule has 110 valence electrons. The highest BCUT2D eigenvalue weighted by atomic mass is 35.5. The van der Waals surface area contributed by atoms with E-state index in [2.05, 4.69) is 11.1 Å². The second-order valence-corrected chi connectivity index (χ2v) is 6.17. The lowest BCUT2D eigenvalue weighted by molar-refractivity contribution is 0.640. The third kappa shape index (κ3) is 2.53. The molecule has 0 heterocycles. The fraction of sp³-hybridized carbons (Fsp3) is 0.529. The molecule has 0 aliphatic heterocycles. The molecule has 0 aromatic heterocycles. The first kappa shape index (κ1) is 14.4. The second kappa shape index (κ2) is 6.07. The van der Waals surface area contributed by atoms with Crippen LogP contribution in [0.5, 0.6) is 0 Å². The molecule has 4 heteroatoms. The molecule has 0 atom stereocenters. The third-order valence-electron chi connectivity index (χ3n) is 4.63. The summed E-state index contributed by atoms with van der Waals surface area (Å²) in [6, 6.07) is 2.40. The first-order valence-corrected chi connectivity index (χ1v) is 8.28. The van der Waals surface area contributed by atoms with Gasteiger partial charge in [-0.2, -0.15) is 5.26 Å². The zero-order chi connectivity index (χ0) is 14.8. The van der Waals surface area contributed by atoms with Crippen LogP contribution in [-0.2, 0) is 25.7 Å². The minimum Gasteiger partial charge on any atom is -0.386 e. The Hall–Kier alpha value is -1.53. The van der Waals surface area contributed by atoms with Crippen LogP contribution in [-0.4, -0.2) is 11.7 Å². The zero-order valence-electron chi connectivity index (χ0n) is 12.2. The van der Waals surface area contributed by atoms with Crippen LogP contribution in [0.4, 0.5) is 5.69 Å². The van der Waals surface area contributed by atoms with Crippen molar-refractivity contribution in [2.24, 2.45) is 10.7 Å². The number of aliphatic imine (C=N–C) groups is 1. The highest BCUT2D eigenvalue weighted by Crippen LogP contribution is 2.41. The molecule has 3 rings (SSSR count). The molecule has 0 radical (unpaired) electrons. The number of nitrogens with zero attached hydrogens (tertiary/aromatic N) is 2. The van der Waals surface area contributed by atoms with Crippen LogP contribution in [0.15, 0.2) is 4.99 Å². The number of benzene rings is 1. The lowest BCUT2D eigenvalue weighted by Gasteiger charge is -2.28. The maximum atomic E-state index is 9.67. The molecule has 21 heavy (non-hydrogen) atoms. The van der Waals surface area contributed by atoms with Crippen LogP contribution < -0.4 is 5.73 Å². The normalized spacial score (nSPS) is 17.8. The molecule has 1 aromatic carbocycles. The number of nitriles is 1. The van der Waals surface area contributed by atoms with Crippen molar-refractivity contribution in [1.29, 1.82) is 5.26 Å². The molecule has 0 fully saturated rings. The molecule has 3 nitrogen and oxygen atoms in total. The number of amidine groups is 1. The van der Waals surface area contributed by atoms with E-state index in [4.69, 9.17) is 17.3 Å². The Morgan fingerprint density at radius 1 is 1.00 bits per heavy atom. The van der Waals surface area contributed by atoms with Crippen molar-refractivity contribution < 1.29 is 0 Å². The van der Waals surface area contributed by atoms with Gasteiger partial charge in [0.25, 0.3) is 0 Å². The van der Waals surface area contributed by atoms with Gasteiger partial charge in [0, 0.05) is 0 Å². The fourth-order valence-corrected chi connectivity index (χ4v) is 3.78. The van der Waals surface area contributed by atoms with Crippen LogP contribution in [0.3, 0.4) is 0 Å². The van der Waals surface area contributed by atoms with E-state index in [9.17, 15) is 5.26 Å². The summed E-state index contributed by atoms with van der Waals surface area (Å²) in [4.78, 5) is 4.51. The van der Waals surface area contributed by atoms with Gasteiger partial charge in [0.15, 0.2) is 0 Å². The molecule has 0 bridgehead atoms. The van der Waals surface area contributed by atoms with Gasteiger partial charge in [-0.05, 0) is 73.6 Å². The van der Waals surface area contributed by atoms with E-state index in [0.29, 0.717) is 5.84 Å². The Kier molecular flexibility index (Phi) is 4.17. The van der Waals surface area contributed by atoms with Crippen LogP contribution in [0, 0.1) is 11.3 Å². The number of halogens is 1. The van der Waals surface area contributed by atoms with Gasteiger partial charge in [-0.1, -0.05) is 0 Å². The predicted molar refractivity (Wildman–Crippen MR) is 86.4 cm³/mol. The van der Waals surface area contributed by atoms with Crippen LogP contribution in [0.1, 0.15) is 53.5 Å². The fourth-order valence-electron chi connectivity index (χ4n) is 3.73. The van der Waals surface area contributed by atoms with Crippen molar-refractivity contribution in [2.45, 2.75) is 51.4 Å². The average molecular weight is 302 g/mol. The molecular formula is C17H20ClN3. The second-order valence-electron chi connectivity index (χ2n) is 5.90. The number of nitrogens with two attached hydrogens (primary N) is 1. The van der Waals surface area contributed by atoms with Gasteiger partial charge in [-0.25, -0.2) is 4.99 Å². The van der Waals surface area contributed by atoms with Crippen LogP contribution in [0.2, 0.25) is 0 Å². The van der Waals surface area contributed by atoms with E-state index in [0.717, 1.165) is 43.4 Å². The third-order valence-corrected chi connectivity index (χ3v) is 4.90. The van der Waals surface area contributed by atoms with Crippen molar-refractivity contribution in [3.05, 3.63) is 27.8 Å². The van der Waals surface area contributed by atoms with E-state index in [1.807, 2.05) is 0 Å². The molecule has 0 spiro atoms. The van der Waals surface area contributed by atoms with Gasteiger partial charge in [0.2, 0.25) is 0 Å². The number of hydrogen-bond donors (Lipinski definition) is 1. The van der Waals surface area contributed by atoms with E-state index >= 15 is 0 Å². The Morgan fingerprint density at radius 2 is 1.52 bits per heavy atom. The molecule has 0 saturated heterocycles. The van der Waals surface area contributed by atoms with Gasteiger partial charge >= 0.3 is 0 Å². The summed E-state index contributed by atoms with van der Waals surface area (Å²) in [5.74, 6) is 0.605. The summed E-state index contributed by atoms with van der Waals surface area (Å²) in [6.07, 6.45) is 9.03. The monoisotopic (exact) mass is 301 g/mol.